The van der Waals surface area contributed by atoms with Gasteiger partial charge in [0.25, 0.3) is 0 Å². The maximum absolute atomic E-state index is 13.9. The Labute approximate surface area is 326 Å². The number of rotatable bonds is 11. The molecule has 0 radical (unpaired) electrons. The molecule has 0 amide bonds. The van der Waals surface area contributed by atoms with Gasteiger partial charge in [0.1, 0.15) is 22.8 Å². The first-order chi connectivity index (χ1) is 26.4. The molecule has 0 spiro atoms. The van der Waals surface area contributed by atoms with Gasteiger partial charge in [0.2, 0.25) is 11.6 Å². The van der Waals surface area contributed by atoms with Gasteiger partial charge in [-0.2, -0.15) is 10.2 Å². The van der Waals surface area contributed by atoms with E-state index in [1.54, 1.807) is 24.3 Å². The lowest BCUT2D eigenvalue weighted by Gasteiger charge is -2.09. The number of hydrogen-bond acceptors (Lipinski definition) is 4. The van der Waals surface area contributed by atoms with E-state index in [9.17, 15) is 9.59 Å². The van der Waals surface area contributed by atoms with Crippen molar-refractivity contribution in [1.29, 1.82) is 0 Å². The van der Waals surface area contributed by atoms with E-state index in [-0.39, 0.29) is 11.6 Å². The van der Waals surface area contributed by atoms with Crippen LogP contribution in [0.2, 0.25) is 5.02 Å². The van der Waals surface area contributed by atoms with Crippen molar-refractivity contribution in [3.8, 4) is 44.8 Å². The number of nitrogens with one attached hydrogen (secondary N) is 2. The first kappa shape index (κ1) is 34.9. The fourth-order valence-electron chi connectivity index (χ4n) is 6.67. The molecule has 6 nitrogen and oxygen atoms in total. The van der Waals surface area contributed by atoms with E-state index in [2.05, 4.69) is 48.5 Å². The van der Waals surface area contributed by atoms with Crippen molar-refractivity contribution >= 4 is 39.1 Å². The van der Waals surface area contributed by atoms with E-state index in [1.165, 1.54) is 5.56 Å². The van der Waals surface area contributed by atoms with Crippen LogP contribution in [0, 0.1) is 0 Å². The number of ketones is 2. The highest BCUT2D eigenvalue weighted by Crippen LogP contribution is 2.36. The number of carbonyl (C=O) groups excluding carboxylic acids is 2. The van der Waals surface area contributed by atoms with Gasteiger partial charge in [0, 0.05) is 42.9 Å². The second kappa shape index (κ2) is 15.4. The molecule has 2 aromatic heterocycles. The van der Waals surface area contributed by atoms with Crippen LogP contribution in [-0.2, 0) is 12.8 Å². The first-order valence-electron chi connectivity index (χ1n) is 17.5. The van der Waals surface area contributed by atoms with Gasteiger partial charge in [0.15, 0.2) is 0 Å². The highest BCUT2D eigenvalue weighted by molar-refractivity contribution is 9.10. The Balaban J connectivity index is 0.994. The number of hydrogen-bond donors (Lipinski definition) is 2. The first-order valence-corrected chi connectivity index (χ1v) is 18.7. The molecular weight excluding hydrogens is 756 g/mol. The summed E-state index contributed by atoms with van der Waals surface area (Å²) in [6, 6.07) is 50.6. The molecule has 8 aromatic rings. The molecule has 0 saturated heterocycles. The number of aryl methyl sites for hydroxylation is 2. The van der Waals surface area contributed by atoms with Crippen molar-refractivity contribution in [3.63, 3.8) is 0 Å². The predicted octanol–water partition coefficient (Wildman–Crippen LogP) is 11.5. The van der Waals surface area contributed by atoms with Gasteiger partial charge in [-0.1, -0.05) is 149 Å². The molecule has 0 fully saturated rings. The topological polar surface area (TPSA) is 91.5 Å². The highest BCUT2D eigenvalue weighted by atomic mass is 79.9. The summed E-state index contributed by atoms with van der Waals surface area (Å²) < 4.78 is 0.939. The molecule has 2 heterocycles. The van der Waals surface area contributed by atoms with Crippen molar-refractivity contribution in [2.45, 2.75) is 12.8 Å². The van der Waals surface area contributed by atoms with Crippen LogP contribution in [0.3, 0.4) is 0 Å². The lowest BCUT2D eigenvalue weighted by molar-refractivity contribution is 0.102. The zero-order valence-corrected chi connectivity index (χ0v) is 31.2. The minimum atomic E-state index is -0.153. The van der Waals surface area contributed by atoms with E-state index >= 15 is 0 Å². The van der Waals surface area contributed by atoms with E-state index < -0.39 is 0 Å². The van der Waals surface area contributed by atoms with Gasteiger partial charge < -0.3 is 0 Å². The van der Waals surface area contributed by atoms with Gasteiger partial charge in [-0.3, -0.25) is 19.8 Å². The van der Waals surface area contributed by atoms with Gasteiger partial charge in [0.05, 0.1) is 0 Å². The molecule has 262 valence electrons. The summed E-state index contributed by atoms with van der Waals surface area (Å²) in [5.74, 6) is -0.267. The molecule has 0 saturated carbocycles. The molecule has 0 unspecified atom stereocenters. The Kier molecular flexibility index (Phi) is 9.99. The van der Waals surface area contributed by atoms with E-state index in [1.807, 2.05) is 121 Å². The van der Waals surface area contributed by atoms with Crippen molar-refractivity contribution in [1.82, 2.24) is 20.4 Å². The van der Waals surface area contributed by atoms with Gasteiger partial charge in [-0.15, -0.1) is 0 Å². The molecule has 2 N–H and O–H groups in total. The van der Waals surface area contributed by atoms with Crippen LogP contribution in [0.25, 0.3) is 44.8 Å². The lowest BCUT2D eigenvalue weighted by atomic mass is 9.94. The van der Waals surface area contributed by atoms with Crippen molar-refractivity contribution in [2.24, 2.45) is 0 Å². The number of benzene rings is 6. The molecule has 0 aliphatic rings. The largest absolute Gasteiger partial charge is 0.287 e. The standard InChI is InChI=1S/C46H32BrClN4O2/c47-37-13-7-12-36(28-37)42-40(32-10-5-2-6-11-32)44(52-50-42)45(53)34-22-18-30(19-23-34)15-14-29-16-20-33(21-17-29)41-39(31-8-3-1-4-9-31)43(51-49-41)46(54)35-24-26-38(48)27-25-35/h1-13,16-28H,14-15H2,(H,49,51)(H,50,52). The molecule has 8 heteroatoms. The summed E-state index contributed by atoms with van der Waals surface area (Å²) >= 11 is 9.64. The molecule has 8 rings (SSSR count). The fraction of sp³-hybridized carbons (Fsp3) is 0.0435. The molecule has 0 bridgehead atoms. The number of aromatic nitrogens is 4. The summed E-state index contributed by atoms with van der Waals surface area (Å²) in [5.41, 5.74) is 10.9. The third-order valence-electron chi connectivity index (χ3n) is 9.46. The minimum Gasteiger partial charge on any atom is -0.287 e. The number of aromatic amines is 2. The Morgan fingerprint density at radius 2 is 0.944 bits per heavy atom. The smallest absolute Gasteiger partial charge is 0.211 e. The van der Waals surface area contributed by atoms with Crippen molar-refractivity contribution in [3.05, 3.63) is 201 Å². The van der Waals surface area contributed by atoms with Crippen LogP contribution in [0.5, 0.6) is 0 Å². The average Bonchev–Trinajstić information content (AvgIpc) is 3.87. The maximum atomic E-state index is 13.9. The van der Waals surface area contributed by atoms with Gasteiger partial charge in [-0.25, -0.2) is 0 Å². The third kappa shape index (κ3) is 7.24. The second-order valence-corrected chi connectivity index (χ2v) is 14.3. The van der Waals surface area contributed by atoms with Crippen molar-refractivity contribution < 1.29 is 9.59 Å². The summed E-state index contributed by atoms with van der Waals surface area (Å²) in [5, 5.41) is 15.9. The fourth-order valence-corrected chi connectivity index (χ4v) is 7.19. The van der Waals surface area contributed by atoms with E-state index in [0.717, 1.165) is 62.0 Å². The van der Waals surface area contributed by atoms with E-state index in [0.29, 0.717) is 33.2 Å². The average molecular weight is 788 g/mol. The molecule has 0 atom stereocenters. The zero-order valence-electron chi connectivity index (χ0n) is 28.9. The Bertz CT molecular complexity index is 2580. The van der Waals surface area contributed by atoms with Crippen LogP contribution in [0.4, 0.5) is 0 Å². The van der Waals surface area contributed by atoms with Crippen LogP contribution < -0.4 is 0 Å². The summed E-state index contributed by atoms with van der Waals surface area (Å²) in [4.78, 5) is 27.5. The van der Waals surface area contributed by atoms with Crippen LogP contribution in [0.1, 0.15) is 43.2 Å². The monoisotopic (exact) mass is 786 g/mol. The van der Waals surface area contributed by atoms with Crippen LogP contribution in [0.15, 0.2) is 162 Å². The molecule has 0 aliphatic heterocycles. The van der Waals surface area contributed by atoms with Crippen molar-refractivity contribution in [2.75, 3.05) is 0 Å². The SMILES string of the molecule is O=C(c1ccc(Cl)cc1)c1[nH]nc(-c2ccc(CCc3ccc(C(=O)c4[nH]nc(-c5cccc(Br)c5)c4-c4ccccc4)cc3)cc2)c1-c1ccccc1. The normalized spacial score (nSPS) is 11.1. The van der Waals surface area contributed by atoms with Crippen LogP contribution >= 0.6 is 27.5 Å². The number of halogens is 2. The lowest BCUT2D eigenvalue weighted by Crippen LogP contribution is -2.04. The number of carbonyl (C=O) groups is 2. The predicted molar refractivity (Wildman–Crippen MR) is 219 cm³/mol. The number of nitrogens with zero attached hydrogens (tertiary/aromatic N) is 2. The van der Waals surface area contributed by atoms with E-state index in [4.69, 9.17) is 11.6 Å². The summed E-state index contributed by atoms with van der Waals surface area (Å²) in [7, 11) is 0. The third-order valence-corrected chi connectivity index (χ3v) is 10.2. The minimum absolute atomic E-state index is 0.115. The zero-order chi connectivity index (χ0) is 37.0. The highest BCUT2D eigenvalue weighted by Gasteiger charge is 2.24. The molecule has 6 aromatic carbocycles. The van der Waals surface area contributed by atoms with Gasteiger partial charge >= 0.3 is 0 Å². The van der Waals surface area contributed by atoms with Crippen LogP contribution in [-0.4, -0.2) is 32.0 Å². The second-order valence-electron chi connectivity index (χ2n) is 12.9. The Morgan fingerprint density at radius 1 is 0.500 bits per heavy atom. The Morgan fingerprint density at radius 3 is 1.44 bits per heavy atom. The van der Waals surface area contributed by atoms with Gasteiger partial charge in [-0.05, 0) is 71.5 Å². The summed E-state index contributed by atoms with van der Waals surface area (Å²) in [6.07, 6.45) is 1.62. The summed E-state index contributed by atoms with van der Waals surface area (Å²) in [6.45, 7) is 0. The molecule has 0 aliphatic carbocycles. The quantitative estimate of drug-likeness (QED) is 0.128. The molecule has 54 heavy (non-hydrogen) atoms. The molecular formula is C46H32BrClN4O2. The Hall–Kier alpha value is -6.15. The number of H-pyrrole nitrogens is 2. The maximum Gasteiger partial charge on any atom is 0.211 e.